The lowest BCUT2D eigenvalue weighted by Crippen LogP contribution is -2.52. The molecule has 2 atom stereocenters. The Bertz CT molecular complexity index is 660. The van der Waals surface area contributed by atoms with Gasteiger partial charge in [-0.2, -0.15) is 5.10 Å². The van der Waals surface area contributed by atoms with Crippen LogP contribution in [0.3, 0.4) is 0 Å². The van der Waals surface area contributed by atoms with Crippen LogP contribution in [0.25, 0.3) is 0 Å². The first-order valence-electron chi connectivity index (χ1n) is 8.09. The highest BCUT2D eigenvalue weighted by molar-refractivity contribution is 5.76. The predicted molar refractivity (Wildman–Crippen MR) is 88.3 cm³/mol. The van der Waals surface area contributed by atoms with Crippen LogP contribution in [0.1, 0.15) is 18.5 Å². The third-order valence-electron chi connectivity index (χ3n) is 4.15. The summed E-state index contributed by atoms with van der Waals surface area (Å²) in [5.41, 5.74) is 1.05. The van der Waals surface area contributed by atoms with Crippen LogP contribution in [0, 0.1) is 0 Å². The molecule has 8 heteroatoms. The van der Waals surface area contributed by atoms with Crippen molar-refractivity contribution in [2.75, 3.05) is 18.5 Å². The van der Waals surface area contributed by atoms with Crippen molar-refractivity contribution in [3.05, 3.63) is 36.5 Å². The van der Waals surface area contributed by atoms with Crippen molar-refractivity contribution in [2.45, 2.75) is 31.3 Å². The van der Waals surface area contributed by atoms with Crippen LogP contribution in [0.5, 0.6) is 0 Å². The Morgan fingerprint density at radius 2 is 2.29 bits per heavy atom. The second-order valence-electron chi connectivity index (χ2n) is 5.83. The Morgan fingerprint density at radius 1 is 1.38 bits per heavy atom. The highest BCUT2D eigenvalue weighted by Gasteiger charge is 2.27. The van der Waals surface area contributed by atoms with E-state index in [4.69, 9.17) is 4.74 Å². The molecular weight excluding hydrogens is 308 g/mol. The zero-order valence-electron chi connectivity index (χ0n) is 13.7. The van der Waals surface area contributed by atoms with Crippen molar-refractivity contribution in [1.82, 2.24) is 25.1 Å². The number of aryl methyl sites for hydroxylation is 2. The highest BCUT2D eigenvalue weighted by atomic mass is 16.5. The number of nitrogens with one attached hydrogen (secondary N) is 2. The molecule has 1 aliphatic heterocycles. The van der Waals surface area contributed by atoms with E-state index >= 15 is 0 Å². The summed E-state index contributed by atoms with van der Waals surface area (Å²) in [5.74, 6) is 0.771. The van der Waals surface area contributed by atoms with Gasteiger partial charge in [-0.1, -0.05) is 0 Å². The third kappa shape index (κ3) is 4.29. The maximum absolute atomic E-state index is 12.3. The maximum Gasteiger partial charge on any atom is 0.220 e. The molecule has 0 bridgehead atoms. The summed E-state index contributed by atoms with van der Waals surface area (Å²) in [6, 6.07) is 3.75. The Balaban J connectivity index is 1.53. The van der Waals surface area contributed by atoms with Gasteiger partial charge in [0.05, 0.1) is 18.7 Å². The second-order valence-corrected chi connectivity index (χ2v) is 5.83. The number of carbonyl (C=O) groups excluding carboxylic acids is 1. The molecule has 0 aliphatic carbocycles. The van der Waals surface area contributed by atoms with Crippen molar-refractivity contribution >= 4 is 11.7 Å². The van der Waals surface area contributed by atoms with Gasteiger partial charge in [0.1, 0.15) is 12.1 Å². The van der Waals surface area contributed by atoms with E-state index in [0.717, 1.165) is 17.9 Å². The van der Waals surface area contributed by atoms with E-state index in [-0.39, 0.29) is 18.0 Å². The SMILES string of the molecule is Cn1nccc1CCC(=O)N[C@H]1CCOC[C@H]1Nc1ccncn1. The van der Waals surface area contributed by atoms with Gasteiger partial charge in [-0.3, -0.25) is 9.48 Å². The molecule has 8 nitrogen and oxygen atoms in total. The average Bonchev–Trinajstić information content (AvgIpc) is 3.01. The van der Waals surface area contributed by atoms with E-state index in [1.807, 2.05) is 13.1 Å². The summed E-state index contributed by atoms with van der Waals surface area (Å²) >= 11 is 0. The molecule has 3 rings (SSSR count). The first-order valence-corrected chi connectivity index (χ1v) is 8.09. The van der Waals surface area contributed by atoms with Gasteiger partial charge in [0.15, 0.2) is 0 Å². The number of carbonyl (C=O) groups is 1. The fourth-order valence-corrected chi connectivity index (χ4v) is 2.79. The summed E-state index contributed by atoms with van der Waals surface area (Å²) in [5, 5.41) is 10.5. The van der Waals surface area contributed by atoms with Crippen LogP contribution < -0.4 is 10.6 Å². The zero-order chi connectivity index (χ0) is 16.8. The van der Waals surface area contributed by atoms with Crippen LogP contribution in [-0.2, 0) is 23.0 Å². The van der Waals surface area contributed by atoms with Crippen molar-refractivity contribution in [2.24, 2.45) is 7.05 Å². The van der Waals surface area contributed by atoms with Gasteiger partial charge >= 0.3 is 0 Å². The topological polar surface area (TPSA) is 94.0 Å². The number of aromatic nitrogens is 4. The number of ether oxygens (including phenoxy) is 1. The van der Waals surface area contributed by atoms with Crippen LogP contribution in [-0.4, -0.2) is 51.0 Å². The zero-order valence-corrected chi connectivity index (χ0v) is 13.7. The third-order valence-corrected chi connectivity index (χ3v) is 4.15. The summed E-state index contributed by atoms with van der Waals surface area (Å²) in [7, 11) is 1.88. The van der Waals surface area contributed by atoms with Crippen LogP contribution in [0.2, 0.25) is 0 Å². The molecule has 24 heavy (non-hydrogen) atoms. The number of anilines is 1. The van der Waals surface area contributed by atoms with Crippen LogP contribution in [0.15, 0.2) is 30.9 Å². The average molecular weight is 330 g/mol. The van der Waals surface area contributed by atoms with E-state index in [1.54, 1.807) is 23.1 Å². The standard InChI is InChI=1S/C16H22N6O2/c1-22-12(4-8-19-22)2-3-16(23)21-13-6-9-24-10-14(13)20-15-5-7-17-11-18-15/h4-5,7-8,11,13-14H,2-3,6,9-10H2,1H3,(H,21,23)(H,17,18,20)/t13-,14+/m0/s1. The van der Waals surface area contributed by atoms with Crippen molar-refractivity contribution < 1.29 is 9.53 Å². The largest absolute Gasteiger partial charge is 0.379 e. The quantitative estimate of drug-likeness (QED) is 0.802. The number of rotatable bonds is 6. The molecule has 0 spiro atoms. The lowest BCUT2D eigenvalue weighted by molar-refractivity contribution is -0.122. The van der Waals surface area contributed by atoms with Crippen LogP contribution in [0.4, 0.5) is 5.82 Å². The molecule has 0 unspecified atom stereocenters. The van der Waals surface area contributed by atoms with Gasteiger partial charge in [0, 0.05) is 38.2 Å². The lowest BCUT2D eigenvalue weighted by atomic mass is 10.0. The van der Waals surface area contributed by atoms with Gasteiger partial charge < -0.3 is 15.4 Å². The van der Waals surface area contributed by atoms with Crippen molar-refractivity contribution in [1.29, 1.82) is 0 Å². The lowest BCUT2D eigenvalue weighted by Gasteiger charge is -2.33. The van der Waals surface area contributed by atoms with Gasteiger partial charge in [-0.15, -0.1) is 0 Å². The fraction of sp³-hybridized carbons (Fsp3) is 0.500. The van der Waals surface area contributed by atoms with Crippen molar-refractivity contribution in [3.8, 4) is 0 Å². The van der Waals surface area contributed by atoms with E-state index < -0.39 is 0 Å². The minimum absolute atomic E-state index is 0.00527. The molecule has 128 valence electrons. The number of amides is 1. The molecule has 1 amide bonds. The normalized spacial score (nSPS) is 20.5. The Morgan fingerprint density at radius 3 is 3.04 bits per heavy atom. The summed E-state index contributed by atoms with van der Waals surface area (Å²) < 4.78 is 7.32. The molecule has 0 aromatic carbocycles. The molecule has 1 saturated heterocycles. The van der Waals surface area contributed by atoms with E-state index in [0.29, 0.717) is 26.1 Å². The molecule has 0 radical (unpaired) electrons. The molecular formula is C16H22N6O2. The highest BCUT2D eigenvalue weighted by Crippen LogP contribution is 2.13. The molecule has 3 heterocycles. The number of nitrogens with zero attached hydrogens (tertiary/aromatic N) is 4. The van der Waals surface area contributed by atoms with Gasteiger partial charge in [0.25, 0.3) is 0 Å². The smallest absolute Gasteiger partial charge is 0.220 e. The molecule has 0 saturated carbocycles. The van der Waals surface area contributed by atoms with E-state index in [1.165, 1.54) is 6.33 Å². The molecule has 2 N–H and O–H groups in total. The van der Waals surface area contributed by atoms with Crippen LogP contribution >= 0.6 is 0 Å². The van der Waals surface area contributed by atoms with E-state index in [9.17, 15) is 4.79 Å². The summed E-state index contributed by atoms with van der Waals surface area (Å²) in [6.45, 7) is 1.19. The number of hydrogen-bond acceptors (Lipinski definition) is 6. The molecule has 2 aromatic rings. The maximum atomic E-state index is 12.3. The van der Waals surface area contributed by atoms with Gasteiger partial charge in [-0.25, -0.2) is 9.97 Å². The Hall–Kier alpha value is -2.48. The number of hydrogen-bond donors (Lipinski definition) is 2. The predicted octanol–water partition coefficient (Wildman–Crippen LogP) is 0.529. The minimum Gasteiger partial charge on any atom is -0.379 e. The second kappa shape index (κ2) is 7.87. The summed E-state index contributed by atoms with van der Waals surface area (Å²) in [6.07, 6.45) is 6.81. The fourth-order valence-electron chi connectivity index (χ4n) is 2.79. The molecule has 1 aliphatic rings. The van der Waals surface area contributed by atoms with Gasteiger partial charge in [-0.05, 0) is 25.0 Å². The minimum atomic E-state index is -0.00527. The summed E-state index contributed by atoms with van der Waals surface area (Å²) in [4.78, 5) is 20.3. The Kier molecular flexibility index (Phi) is 5.37. The van der Waals surface area contributed by atoms with Gasteiger partial charge in [0.2, 0.25) is 5.91 Å². The molecule has 2 aromatic heterocycles. The first kappa shape index (κ1) is 16.4. The monoisotopic (exact) mass is 330 g/mol. The van der Waals surface area contributed by atoms with Crippen molar-refractivity contribution in [3.63, 3.8) is 0 Å². The van der Waals surface area contributed by atoms with E-state index in [2.05, 4.69) is 25.7 Å². The molecule has 1 fully saturated rings. The first-order chi connectivity index (χ1) is 11.7. The Labute approximate surface area is 140 Å².